The van der Waals surface area contributed by atoms with Crippen molar-refractivity contribution in [1.82, 2.24) is 19.8 Å². The fraction of sp³-hybridized carbons (Fsp3) is 0.367. The van der Waals surface area contributed by atoms with Crippen molar-refractivity contribution in [3.8, 4) is 34.0 Å². The molecule has 5 N–H and O–H groups in total. The molecular formula is C60H74BrMgN6O8+. The number of aromatic nitrogens is 2. The number of carbonyl (C=O) groups excluding carboxylic acids is 3. The minimum Gasteiger partial charge on any atom is -1.00 e. The number of aliphatic hydroxyl groups is 1. The number of benzene rings is 4. The molecule has 2 aliphatic heterocycles. The van der Waals surface area contributed by atoms with Crippen LogP contribution in [0.3, 0.4) is 0 Å². The maximum absolute atomic E-state index is 12.8. The Balaban J connectivity index is 0.000000385. The van der Waals surface area contributed by atoms with E-state index in [2.05, 4.69) is 9.97 Å². The number of para-hydroxylation sites is 2. The molecule has 0 saturated carbocycles. The Hall–Kier alpha value is -6.33. The number of amides is 2. The van der Waals surface area contributed by atoms with Gasteiger partial charge in [0.15, 0.2) is 6.29 Å². The van der Waals surface area contributed by atoms with Crippen LogP contribution in [-0.4, -0.2) is 104 Å². The average molecular weight is 1110 g/mol. The number of anilines is 2. The van der Waals surface area contributed by atoms with E-state index in [-0.39, 0.29) is 84.5 Å². The van der Waals surface area contributed by atoms with E-state index < -0.39 is 17.3 Å². The third kappa shape index (κ3) is 16.8. The number of hydrogen-bond acceptors (Lipinski definition) is 12. The third-order valence-electron chi connectivity index (χ3n) is 12.6. The molecule has 8 rings (SSSR count). The SMILES string of the molecule is CC(C)(C)OC(=O)N1CCCC(c2cc(-c3ccccc3OCc3ccccc3)nc(N)c2C=O)C1.CC(O)c1c(C2CCCN(C(=O)OC(C)(C)C)C2)cc(-c2ccccc2OCc2ccccc2)nc1N.[Br-].[CH3+].[H-].[Mg+2]. The van der Waals surface area contributed by atoms with Crippen molar-refractivity contribution in [1.29, 1.82) is 0 Å². The summed E-state index contributed by atoms with van der Waals surface area (Å²) in [5.74, 6) is 1.77. The van der Waals surface area contributed by atoms with Crippen molar-refractivity contribution in [3.05, 3.63) is 162 Å². The van der Waals surface area contributed by atoms with Crippen LogP contribution in [0.4, 0.5) is 21.2 Å². The minimum atomic E-state index is -0.793. The molecule has 0 aliphatic carbocycles. The third-order valence-corrected chi connectivity index (χ3v) is 12.6. The molecule has 6 aromatic rings. The van der Waals surface area contributed by atoms with E-state index in [1.165, 1.54) is 0 Å². The van der Waals surface area contributed by atoms with Crippen molar-refractivity contribution >= 4 is 53.2 Å². The molecule has 3 unspecified atom stereocenters. The minimum absolute atomic E-state index is 0. The maximum atomic E-state index is 12.8. The smallest absolute Gasteiger partial charge is 1.00 e. The Morgan fingerprint density at radius 1 is 0.671 bits per heavy atom. The van der Waals surface area contributed by atoms with E-state index in [9.17, 15) is 19.5 Å². The molecule has 14 nitrogen and oxygen atoms in total. The topological polar surface area (TPSA) is 193 Å². The summed E-state index contributed by atoms with van der Waals surface area (Å²) in [6.45, 7) is 15.9. The first-order chi connectivity index (χ1) is 34.9. The summed E-state index contributed by atoms with van der Waals surface area (Å²) < 4.78 is 23.5. The van der Waals surface area contributed by atoms with Gasteiger partial charge >= 0.3 is 35.2 Å². The largest absolute Gasteiger partial charge is 2.00 e. The van der Waals surface area contributed by atoms with Gasteiger partial charge in [0.2, 0.25) is 0 Å². The van der Waals surface area contributed by atoms with E-state index in [1.807, 2.05) is 163 Å². The summed E-state index contributed by atoms with van der Waals surface area (Å²) in [6, 6.07) is 39.2. The summed E-state index contributed by atoms with van der Waals surface area (Å²) in [7, 11) is 0. The first kappa shape index (κ1) is 62.2. The first-order valence-electron chi connectivity index (χ1n) is 25.1. The molecule has 2 aliphatic rings. The number of piperidine rings is 2. The van der Waals surface area contributed by atoms with Gasteiger partial charge in [-0.1, -0.05) is 84.9 Å². The van der Waals surface area contributed by atoms with Gasteiger partial charge in [0.1, 0.15) is 47.6 Å². The van der Waals surface area contributed by atoms with Crippen LogP contribution in [0.25, 0.3) is 22.5 Å². The monoisotopic (exact) mass is 1110 g/mol. The molecule has 3 atom stereocenters. The molecule has 76 heavy (non-hydrogen) atoms. The number of nitrogens with zero attached hydrogens (tertiary/aromatic N) is 4. The van der Waals surface area contributed by atoms with Gasteiger partial charge < -0.3 is 63.7 Å². The second-order valence-electron chi connectivity index (χ2n) is 20.7. The second-order valence-corrected chi connectivity index (χ2v) is 20.7. The zero-order valence-electron chi connectivity index (χ0n) is 46.3. The first-order valence-corrected chi connectivity index (χ1v) is 25.1. The summed E-state index contributed by atoms with van der Waals surface area (Å²) in [6.07, 6.45) is 2.63. The standard InChI is InChI=1S/C30H37N3O4.C29H33N3O4.CH3.BrH.Mg.H/c1-20(34)27-24(22-13-10-16-33(18-22)29(35)37-30(2,3)4)17-25(32-28(27)31)23-14-8-9-15-26(23)36-19-21-11-6-5-7-12-21;1-29(2,3)36-28(34)32-15-9-12-21(17-32)23-16-25(31-27(30)24(23)18-33)22-13-7-8-14-26(22)35-19-20-10-5-4-6-11-20;;;;/h5-9,11-12,14-15,17,20,22,34H,10,13,16,18-19H2,1-4H3,(H2,31,32);4-8,10-11,13-14,16,18,21H,9,12,15,17,19H2,1-3H3,(H2,30,31);1H3;1H;;/q;;+1;;+2;-1/p-1. The van der Waals surface area contributed by atoms with Crippen LogP contribution in [0.2, 0.25) is 0 Å². The second kappa shape index (κ2) is 28.2. The van der Waals surface area contributed by atoms with Crippen molar-refractivity contribution in [3.63, 3.8) is 0 Å². The van der Waals surface area contributed by atoms with E-state index in [4.69, 9.17) is 30.4 Å². The Morgan fingerprint density at radius 3 is 1.49 bits per heavy atom. The van der Waals surface area contributed by atoms with Crippen LogP contribution in [-0.2, 0) is 22.7 Å². The number of nitrogens with two attached hydrogens (primary N) is 2. The Bertz CT molecular complexity index is 2850. The molecule has 0 radical (unpaired) electrons. The van der Waals surface area contributed by atoms with E-state index >= 15 is 0 Å². The fourth-order valence-electron chi connectivity index (χ4n) is 9.25. The van der Waals surface area contributed by atoms with Crippen LogP contribution in [0.15, 0.2) is 121 Å². The number of aliphatic hydroxyl groups excluding tert-OH is 1. The molecule has 16 heteroatoms. The van der Waals surface area contributed by atoms with Gasteiger partial charge in [-0.3, -0.25) is 4.79 Å². The number of aldehydes is 1. The van der Waals surface area contributed by atoms with E-state index in [1.54, 1.807) is 16.7 Å². The molecule has 400 valence electrons. The number of hydrogen-bond donors (Lipinski definition) is 3. The molecule has 0 spiro atoms. The molecule has 0 bridgehead atoms. The predicted molar refractivity (Wildman–Crippen MR) is 299 cm³/mol. The maximum Gasteiger partial charge on any atom is 2.00 e. The zero-order valence-corrected chi connectivity index (χ0v) is 48.3. The number of likely N-dealkylation sites (tertiary alicyclic amines) is 2. The van der Waals surface area contributed by atoms with E-state index in [0.717, 1.165) is 65.4 Å². The molecule has 2 aromatic heterocycles. The van der Waals surface area contributed by atoms with Gasteiger partial charge in [-0.05, 0) is 133 Å². The van der Waals surface area contributed by atoms with Crippen molar-refractivity contribution < 1.29 is 56.8 Å². The Labute approximate surface area is 477 Å². The number of rotatable bonds is 12. The molecule has 2 amide bonds. The average Bonchev–Trinajstić information content (AvgIpc) is 3.37. The van der Waals surface area contributed by atoms with Gasteiger partial charge in [-0.2, -0.15) is 0 Å². The van der Waals surface area contributed by atoms with Crippen LogP contribution >= 0.6 is 0 Å². The predicted octanol–water partition coefficient (Wildman–Crippen LogP) is 9.10. The van der Waals surface area contributed by atoms with E-state index in [0.29, 0.717) is 73.4 Å². The zero-order chi connectivity index (χ0) is 52.3. The van der Waals surface area contributed by atoms with Gasteiger partial charge in [0.05, 0.1) is 23.1 Å². The molecular weight excluding hydrogens is 1040 g/mol. The number of carbonyl (C=O) groups is 3. The van der Waals surface area contributed by atoms with Crippen LogP contribution in [0, 0.1) is 7.43 Å². The number of nitrogen functional groups attached to an aromatic ring is 2. The fourth-order valence-corrected chi connectivity index (χ4v) is 9.25. The number of ether oxygens (including phenoxy) is 4. The summed E-state index contributed by atoms with van der Waals surface area (Å²) >= 11 is 0. The van der Waals surface area contributed by atoms with Crippen molar-refractivity contribution in [2.45, 2.75) is 117 Å². The van der Waals surface area contributed by atoms with Gasteiger partial charge in [-0.25, -0.2) is 19.6 Å². The summed E-state index contributed by atoms with van der Waals surface area (Å²) in [5, 5.41) is 10.6. The van der Waals surface area contributed by atoms with Crippen molar-refractivity contribution in [2.24, 2.45) is 0 Å². The van der Waals surface area contributed by atoms with Gasteiger partial charge in [0, 0.05) is 62.1 Å². The number of halogens is 1. The van der Waals surface area contributed by atoms with Crippen LogP contribution < -0.4 is 37.9 Å². The normalized spacial score (nSPS) is 15.7. The number of pyridine rings is 2. The quantitative estimate of drug-likeness (QED) is 0.0599. The Morgan fingerprint density at radius 2 is 1.07 bits per heavy atom. The van der Waals surface area contributed by atoms with Gasteiger partial charge in [0.25, 0.3) is 0 Å². The summed E-state index contributed by atoms with van der Waals surface area (Å²) in [5.41, 5.74) is 19.3. The van der Waals surface area contributed by atoms with Gasteiger partial charge in [-0.15, -0.1) is 0 Å². The van der Waals surface area contributed by atoms with Crippen LogP contribution in [0.1, 0.15) is 132 Å². The molecule has 4 aromatic carbocycles. The molecule has 2 saturated heterocycles. The summed E-state index contributed by atoms with van der Waals surface area (Å²) in [4.78, 5) is 50.2. The Kier molecular flexibility index (Phi) is 23.0. The van der Waals surface area contributed by atoms with Crippen molar-refractivity contribution in [2.75, 3.05) is 37.6 Å². The molecule has 4 heterocycles. The van der Waals surface area contributed by atoms with Crippen LogP contribution in [0.5, 0.6) is 11.5 Å². The molecule has 2 fully saturated rings.